The molecule has 0 aromatic heterocycles. The maximum absolute atomic E-state index is 5.07. The fraction of sp³-hybridized carbons (Fsp3) is 0.231. The molecule has 1 heteroatoms. The zero-order valence-corrected chi connectivity index (χ0v) is 8.16. The number of benzene rings is 1. The molecule has 0 bridgehead atoms. The van der Waals surface area contributed by atoms with E-state index in [-0.39, 0.29) is 7.43 Å². The van der Waals surface area contributed by atoms with Crippen molar-refractivity contribution in [3.05, 3.63) is 54.6 Å². The molecular formula is C13H21N. The van der Waals surface area contributed by atoms with Crippen molar-refractivity contribution >= 4 is 6.08 Å². The van der Waals surface area contributed by atoms with Crippen LogP contribution in [-0.2, 0) is 0 Å². The lowest BCUT2D eigenvalue weighted by Crippen LogP contribution is -1.97. The molecule has 1 rings (SSSR count). The first-order valence-electron chi connectivity index (χ1n) is 4.22. The van der Waals surface area contributed by atoms with Gasteiger partial charge in [0, 0.05) is 6.54 Å². The van der Waals surface area contributed by atoms with Gasteiger partial charge in [-0.3, -0.25) is 0 Å². The Morgan fingerprint density at radius 2 is 1.79 bits per heavy atom. The van der Waals surface area contributed by atoms with Crippen molar-refractivity contribution < 1.29 is 0 Å². The van der Waals surface area contributed by atoms with Crippen LogP contribution in [0.3, 0.4) is 0 Å². The second-order valence-corrected chi connectivity index (χ2v) is 2.78. The normalized spacial score (nSPS) is 7.57. The fourth-order valence-electron chi connectivity index (χ4n) is 0.589. The summed E-state index contributed by atoms with van der Waals surface area (Å²) in [6.45, 7) is 9.69. The summed E-state index contributed by atoms with van der Waals surface area (Å²) in [5.74, 6) is 0. The minimum atomic E-state index is 0. The van der Waals surface area contributed by atoms with E-state index < -0.39 is 0 Å². The summed E-state index contributed by atoms with van der Waals surface area (Å²) in [6.07, 6.45) is 1.83. The van der Waals surface area contributed by atoms with Gasteiger partial charge in [-0.05, 0) is 12.5 Å². The van der Waals surface area contributed by atoms with Gasteiger partial charge in [-0.25, -0.2) is 0 Å². The van der Waals surface area contributed by atoms with E-state index >= 15 is 0 Å². The predicted molar refractivity (Wildman–Crippen MR) is 67.1 cm³/mol. The molecule has 0 saturated carbocycles. The number of hydrogen-bond donors (Lipinski definition) is 1. The van der Waals surface area contributed by atoms with Gasteiger partial charge in [-0.1, -0.05) is 62.6 Å². The zero-order valence-electron chi connectivity index (χ0n) is 8.16. The highest BCUT2D eigenvalue weighted by atomic mass is 14.5. The van der Waals surface area contributed by atoms with Crippen molar-refractivity contribution in [3.63, 3.8) is 0 Å². The lowest BCUT2D eigenvalue weighted by molar-refractivity contribution is 1.15. The van der Waals surface area contributed by atoms with Crippen molar-refractivity contribution in [1.82, 2.24) is 0 Å². The maximum atomic E-state index is 5.07. The van der Waals surface area contributed by atoms with E-state index in [1.165, 1.54) is 5.56 Å². The van der Waals surface area contributed by atoms with Gasteiger partial charge >= 0.3 is 0 Å². The standard InChI is InChI=1S/C8H8.C4H9N.CH4/c1-2-8-6-4-3-5-7-8;1-4(2)3-5;/h2-7H,1H2;1,3,5H2,2H3;1H4. The minimum absolute atomic E-state index is 0. The molecule has 1 nitrogen and oxygen atoms in total. The van der Waals surface area contributed by atoms with Crippen molar-refractivity contribution in [3.8, 4) is 0 Å². The molecule has 0 atom stereocenters. The Hall–Kier alpha value is -1.34. The van der Waals surface area contributed by atoms with E-state index in [0.29, 0.717) is 6.54 Å². The van der Waals surface area contributed by atoms with Gasteiger partial charge in [0.1, 0.15) is 0 Å². The van der Waals surface area contributed by atoms with Crippen LogP contribution in [0.15, 0.2) is 49.1 Å². The number of rotatable bonds is 2. The summed E-state index contributed by atoms with van der Waals surface area (Å²) < 4.78 is 0. The third-order valence-corrected chi connectivity index (χ3v) is 1.38. The van der Waals surface area contributed by atoms with Crippen LogP contribution in [0.1, 0.15) is 19.9 Å². The molecule has 1 aromatic carbocycles. The van der Waals surface area contributed by atoms with Crippen molar-refractivity contribution in [2.75, 3.05) is 6.54 Å². The molecule has 78 valence electrons. The topological polar surface area (TPSA) is 26.0 Å². The molecule has 0 unspecified atom stereocenters. The van der Waals surface area contributed by atoms with Crippen LogP contribution in [0.2, 0.25) is 0 Å². The molecule has 0 saturated heterocycles. The van der Waals surface area contributed by atoms with Crippen LogP contribution in [0.4, 0.5) is 0 Å². The van der Waals surface area contributed by atoms with Crippen molar-refractivity contribution in [2.24, 2.45) is 5.73 Å². The highest BCUT2D eigenvalue weighted by molar-refractivity contribution is 5.45. The lowest BCUT2D eigenvalue weighted by atomic mass is 10.2. The van der Waals surface area contributed by atoms with Crippen LogP contribution < -0.4 is 5.73 Å². The van der Waals surface area contributed by atoms with E-state index in [9.17, 15) is 0 Å². The SMILES string of the molecule is C.C=C(C)CN.C=Cc1ccccc1. The summed E-state index contributed by atoms with van der Waals surface area (Å²) in [5, 5.41) is 0. The minimum Gasteiger partial charge on any atom is -0.327 e. The highest BCUT2D eigenvalue weighted by Crippen LogP contribution is 1.97. The molecule has 14 heavy (non-hydrogen) atoms. The molecule has 0 fully saturated rings. The Labute approximate surface area is 88.0 Å². The summed E-state index contributed by atoms with van der Waals surface area (Å²) in [6, 6.07) is 10.0. The Morgan fingerprint density at radius 3 is 2.00 bits per heavy atom. The van der Waals surface area contributed by atoms with Gasteiger partial charge in [0.05, 0.1) is 0 Å². The van der Waals surface area contributed by atoms with Gasteiger partial charge in [0.25, 0.3) is 0 Å². The molecule has 1 aromatic rings. The molecule has 0 aliphatic carbocycles. The van der Waals surface area contributed by atoms with Crippen LogP contribution in [0.5, 0.6) is 0 Å². The van der Waals surface area contributed by atoms with Crippen molar-refractivity contribution in [2.45, 2.75) is 14.4 Å². The Balaban J connectivity index is 0. The Kier molecular flexibility index (Phi) is 10.5. The van der Waals surface area contributed by atoms with E-state index in [1.54, 1.807) is 0 Å². The van der Waals surface area contributed by atoms with Crippen LogP contribution in [0.25, 0.3) is 6.08 Å². The van der Waals surface area contributed by atoms with Gasteiger partial charge in [-0.2, -0.15) is 0 Å². The quantitative estimate of drug-likeness (QED) is 0.711. The zero-order chi connectivity index (χ0) is 10.1. The van der Waals surface area contributed by atoms with E-state index in [1.807, 2.05) is 43.3 Å². The predicted octanol–water partition coefficient (Wildman–Crippen LogP) is 3.49. The molecule has 0 aliphatic rings. The summed E-state index contributed by atoms with van der Waals surface area (Å²) >= 11 is 0. The van der Waals surface area contributed by atoms with E-state index in [0.717, 1.165) is 5.57 Å². The summed E-state index contributed by atoms with van der Waals surface area (Å²) in [7, 11) is 0. The summed E-state index contributed by atoms with van der Waals surface area (Å²) in [5.41, 5.74) is 7.28. The summed E-state index contributed by atoms with van der Waals surface area (Å²) in [4.78, 5) is 0. The van der Waals surface area contributed by atoms with Crippen LogP contribution >= 0.6 is 0 Å². The van der Waals surface area contributed by atoms with Gasteiger partial charge in [0.15, 0.2) is 0 Å². The largest absolute Gasteiger partial charge is 0.327 e. The first-order valence-corrected chi connectivity index (χ1v) is 4.22. The lowest BCUT2D eigenvalue weighted by Gasteiger charge is -1.85. The van der Waals surface area contributed by atoms with Crippen molar-refractivity contribution in [1.29, 1.82) is 0 Å². The van der Waals surface area contributed by atoms with E-state index in [4.69, 9.17) is 5.73 Å². The number of hydrogen-bond acceptors (Lipinski definition) is 1. The number of nitrogens with two attached hydrogens (primary N) is 1. The molecule has 2 N–H and O–H groups in total. The second kappa shape index (κ2) is 9.75. The highest BCUT2D eigenvalue weighted by Gasteiger charge is 1.75. The van der Waals surface area contributed by atoms with Gasteiger partial charge in [-0.15, -0.1) is 0 Å². The first-order chi connectivity index (χ1) is 6.20. The Bertz CT molecular complexity index is 249. The molecule has 0 heterocycles. The van der Waals surface area contributed by atoms with E-state index in [2.05, 4.69) is 13.2 Å². The molecule has 0 spiro atoms. The smallest absolute Gasteiger partial charge is 0.0131 e. The average molecular weight is 191 g/mol. The molecule has 0 amide bonds. The van der Waals surface area contributed by atoms with Gasteiger partial charge in [0.2, 0.25) is 0 Å². The molecule has 0 aliphatic heterocycles. The first kappa shape index (κ1) is 15.1. The monoisotopic (exact) mass is 191 g/mol. The fourth-order valence-corrected chi connectivity index (χ4v) is 0.589. The Morgan fingerprint density at radius 1 is 1.36 bits per heavy atom. The molecular weight excluding hydrogens is 170 g/mol. The third kappa shape index (κ3) is 8.75. The molecule has 0 radical (unpaired) electrons. The third-order valence-electron chi connectivity index (χ3n) is 1.38. The van der Waals surface area contributed by atoms with Crippen LogP contribution in [0, 0.1) is 0 Å². The van der Waals surface area contributed by atoms with Gasteiger partial charge < -0.3 is 5.73 Å². The average Bonchev–Trinajstić information content (AvgIpc) is 2.20. The maximum Gasteiger partial charge on any atom is 0.0131 e. The van der Waals surface area contributed by atoms with Crippen LogP contribution in [-0.4, -0.2) is 6.54 Å². The second-order valence-electron chi connectivity index (χ2n) is 2.78.